The van der Waals surface area contributed by atoms with Crippen molar-refractivity contribution >= 4 is 11.7 Å². The first kappa shape index (κ1) is 17.5. The number of hydrogen-bond acceptors (Lipinski definition) is 3. The molecule has 0 aliphatic carbocycles. The lowest BCUT2D eigenvalue weighted by molar-refractivity contribution is -0.144. The lowest BCUT2D eigenvalue weighted by Crippen LogP contribution is -2.49. The first-order valence-corrected chi connectivity index (χ1v) is 7.74. The number of nitrogens with zero attached hydrogens (tertiary/aromatic N) is 1. The fraction of sp³-hybridized carbons (Fsp3) is 0.588. The molecule has 0 saturated carbocycles. The lowest BCUT2D eigenvalue weighted by atomic mass is 9.94. The van der Waals surface area contributed by atoms with E-state index in [9.17, 15) is 9.90 Å². The second-order valence-corrected chi connectivity index (χ2v) is 5.78. The van der Waals surface area contributed by atoms with Crippen LogP contribution in [-0.2, 0) is 4.79 Å². The van der Waals surface area contributed by atoms with Crippen LogP contribution in [0.15, 0.2) is 30.3 Å². The number of carbonyl (C=O) groups is 1. The van der Waals surface area contributed by atoms with Gasteiger partial charge in [-0.15, -0.1) is 0 Å². The average molecular weight is 292 g/mol. The molecule has 0 aromatic heterocycles. The van der Waals surface area contributed by atoms with E-state index in [1.807, 2.05) is 25.1 Å². The molecular formula is C17H28N2O2. The van der Waals surface area contributed by atoms with Gasteiger partial charge in [0.1, 0.15) is 5.54 Å². The quantitative estimate of drug-likeness (QED) is 0.651. The Morgan fingerprint density at radius 3 is 2.52 bits per heavy atom. The van der Waals surface area contributed by atoms with Crippen molar-refractivity contribution in [3.8, 4) is 0 Å². The van der Waals surface area contributed by atoms with E-state index in [1.165, 1.54) is 5.69 Å². The van der Waals surface area contributed by atoms with Gasteiger partial charge in [-0.25, -0.2) is 0 Å². The second kappa shape index (κ2) is 8.67. The highest BCUT2D eigenvalue weighted by Gasteiger charge is 2.31. The standard InChI is InChI=1S/C17H28N2O2/c1-4-13-18-17(2,16(20)21)12-8-9-14-19(3)15-10-6-5-7-11-15/h5-7,10-11,18H,4,8-9,12-14H2,1-3H3,(H,20,21). The summed E-state index contributed by atoms with van der Waals surface area (Å²) in [5, 5.41) is 12.5. The zero-order valence-electron chi connectivity index (χ0n) is 13.4. The summed E-state index contributed by atoms with van der Waals surface area (Å²) in [4.78, 5) is 13.6. The maximum Gasteiger partial charge on any atom is 0.323 e. The molecule has 118 valence electrons. The van der Waals surface area contributed by atoms with Crippen molar-refractivity contribution < 1.29 is 9.90 Å². The highest BCUT2D eigenvalue weighted by atomic mass is 16.4. The van der Waals surface area contributed by atoms with E-state index in [-0.39, 0.29) is 0 Å². The number of anilines is 1. The highest BCUT2D eigenvalue weighted by molar-refractivity contribution is 5.78. The number of carboxylic acids is 1. The van der Waals surface area contributed by atoms with Gasteiger partial charge in [-0.3, -0.25) is 4.79 Å². The molecule has 1 unspecified atom stereocenters. The predicted molar refractivity (Wildman–Crippen MR) is 87.9 cm³/mol. The minimum atomic E-state index is -0.804. The summed E-state index contributed by atoms with van der Waals surface area (Å²) < 4.78 is 0. The summed E-state index contributed by atoms with van der Waals surface area (Å²) in [6.45, 7) is 5.51. The number of para-hydroxylation sites is 1. The third-order valence-electron chi connectivity index (χ3n) is 3.85. The molecule has 0 aliphatic heterocycles. The molecule has 0 amide bonds. The molecule has 21 heavy (non-hydrogen) atoms. The third-order valence-corrected chi connectivity index (χ3v) is 3.85. The summed E-state index contributed by atoms with van der Waals surface area (Å²) in [5.74, 6) is -0.757. The normalized spacial score (nSPS) is 13.7. The number of benzene rings is 1. The number of unbranched alkanes of at least 4 members (excludes halogenated alkanes) is 1. The van der Waals surface area contributed by atoms with E-state index >= 15 is 0 Å². The van der Waals surface area contributed by atoms with Crippen LogP contribution in [0.3, 0.4) is 0 Å². The van der Waals surface area contributed by atoms with Crippen molar-refractivity contribution in [2.75, 3.05) is 25.0 Å². The molecule has 0 radical (unpaired) electrons. The number of carboxylic acid groups (broad SMARTS) is 1. The molecule has 0 saturated heterocycles. The average Bonchev–Trinajstić information content (AvgIpc) is 2.50. The van der Waals surface area contributed by atoms with Crippen molar-refractivity contribution in [3.63, 3.8) is 0 Å². The van der Waals surface area contributed by atoms with Crippen LogP contribution in [0.1, 0.15) is 39.5 Å². The van der Waals surface area contributed by atoms with E-state index in [2.05, 4.69) is 29.4 Å². The van der Waals surface area contributed by atoms with Crippen molar-refractivity contribution in [2.24, 2.45) is 0 Å². The fourth-order valence-electron chi connectivity index (χ4n) is 2.31. The zero-order valence-corrected chi connectivity index (χ0v) is 13.4. The van der Waals surface area contributed by atoms with Gasteiger partial charge in [0, 0.05) is 19.3 Å². The van der Waals surface area contributed by atoms with Gasteiger partial charge < -0.3 is 15.3 Å². The first-order valence-electron chi connectivity index (χ1n) is 7.74. The van der Waals surface area contributed by atoms with Crippen LogP contribution in [0, 0.1) is 0 Å². The van der Waals surface area contributed by atoms with Gasteiger partial charge in [0.05, 0.1) is 0 Å². The molecule has 0 spiro atoms. The number of hydrogen-bond donors (Lipinski definition) is 2. The Morgan fingerprint density at radius 2 is 1.95 bits per heavy atom. The largest absolute Gasteiger partial charge is 0.480 e. The Hall–Kier alpha value is -1.55. The Balaban J connectivity index is 2.36. The fourth-order valence-corrected chi connectivity index (χ4v) is 2.31. The molecule has 0 fully saturated rings. The molecule has 0 aliphatic rings. The molecule has 4 heteroatoms. The number of rotatable bonds is 10. The van der Waals surface area contributed by atoms with Crippen LogP contribution >= 0.6 is 0 Å². The van der Waals surface area contributed by atoms with Gasteiger partial charge in [0.15, 0.2) is 0 Å². The maximum atomic E-state index is 11.4. The Morgan fingerprint density at radius 1 is 1.29 bits per heavy atom. The van der Waals surface area contributed by atoms with Crippen LogP contribution in [0.4, 0.5) is 5.69 Å². The SMILES string of the molecule is CCCNC(C)(CCCCN(C)c1ccccc1)C(=O)O. The number of aliphatic carboxylic acids is 1. The molecule has 2 N–H and O–H groups in total. The van der Waals surface area contributed by atoms with Gasteiger partial charge in [-0.05, 0) is 51.3 Å². The van der Waals surface area contributed by atoms with Crippen LogP contribution < -0.4 is 10.2 Å². The Bertz CT molecular complexity index is 422. The van der Waals surface area contributed by atoms with Crippen LogP contribution in [0.5, 0.6) is 0 Å². The zero-order chi connectivity index (χ0) is 15.7. The molecule has 1 aromatic rings. The van der Waals surface area contributed by atoms with E-state index in [0.717, 1.165) is 32.4 Å². The first-order chi connectivity index (χ1) is 9.99. The number of nitrogens with one attached hydrogen (secondary N) is 1. The van der Waals surface area contributed by atoms with E-state index in [1.54, 1.807) is 6.92 Å². The smallest absolute Gasteiger partial charge is 0.323 e. The Labute approximate surface area is 128 Å². The predicted octanol–water partition coefficient (Wildman–Crippen LogP) is 3.14. The summed E-state index contributed by atoms with van der Waals surface area (Å²) in [6, 6.07) is 10.2. The van der Waals surface area contributed by atoms with E-state index < -0.39 is 11.5 Å². The van der Waals surface area contributed by atoms with E-state index in [0.29, 0.717) is 6.42 Å². The summed E-state index contributed by atoms with van der Waals surface area (Å²) in [6.07, 6.45) is 3.49. The molecule has 1 atom stereocenters. The van der Waals surface area contributed by atoms with Gasteiger partial charge in [0.25, 0.3) is 0 Å². The molecule has 1 aromatic carbocycles. The second-order valence-electron chi connectivity index (χ2n) is 5.78. The summed E-state index contributed by atoms with van der Waals surface area (Å²) in [5.41, 5.74) is 0.393. The van der Waals surface area contributed by atoms with Crippen molar-refractivity contribution in [1.29, 1.82) is 0 Å². The minimum absolute atomic E-state index is 0.658. The van der Waals surface area contributed by atoms with Crippen molar-refractivity contribution in [2.45, 2.75) is 45.1 Å². The van der Waals surface area contributed by atoms with Gasteiger partial charge >= 0.3 is 5.97 Å². The van der Waals surface area contributed by atoms with Gasteiger partial charge in [0.2, 0.25) is 0 Å². The third kappa shape index (κ3) is 5.76. The van der Waals surface area contributed by atoms with Crippen molar-refractivity contribution in [3.05, 3.63) is 30.3 Å². The highest BCUT2D eigenvalue weighted by Crippen LogP contribution is 2.16. The van der Waals surface area contributed by atoms with Crippen LogP contribution in [0.2, 0.25) is 0 Å². The monoisotopic (exact) mass is 292 g/mol. The minimum Gasteiger partial charge on any atom is -0.480 e. The summed E-state index contributed by atoms with van der Waals surface area (Å²) >= 11 is 0. The molecule has 0 heterocycles. The topological polar surface area (TPSA) is 52.6 Å². The molecule has 0 bridgehead atoms. The van der Waals surface area contributed by atoms with Crippen LogP contribution in [0.25, 0.3) is 0 Å². The summed E-state index contributed by atoms with van der Waals surface area (Å²) in [7, 11) is 2.07. The van der Waals surface area contributed by atoms with Crippen LogP contribution in [-0.4, -0.2) is 36.8 Å². The maximum absolute atomic E-state index is 11.4. The van der Waals surface area contributed by atoms with Gasteiger partial charge in [-0.1, -0.05) is 25.1 Å². The molecule has 4 nitrogen and oxygen atoms in total. The molecular weight excluding hydrogens is 264 g/mol. The van der Waals surface area contributed by atoms with Crippen molar-refractivity contribution in [1.82, 2.24) is 5.32 Å². The van der Waals surface area contributed by atoms with Gasteiger partial charge in [-0.2, -0.15) is 0 Å². The molecule has 1 rings (SSSR count). The Kier molecular flexibility index (Phi) is 7.23. The lowest BCUT2D eigenvalue weighted by Gasteiger charge is -2.27. The van der Waals surface area contributed by atoms with E-state index in [4.69, 9.17) is 0 Å².